The number of nitrogens with one attached hydrogen (secondary N) is 1. The van der Waals surface area contributed by atoms with E-state index in [1.807, 2.05) is 66.5 Å². The molecule has 1 N–H and O–H groups in total. The number of carbonyl (C=O) groups excluding carboxylic acids is 2. The maximum atomic E-state index is 12.9. The second kappa shape index (κ2) is 8.63. The maximum absolute atomic E-state index is 12.9. The number of pyridine rings is 1. The summed E-state index contributed by atoms with van der Waals surface area (Å²) in [7, 11) is 3.23. The number of fused-ring (bicyclic) bond motifs is 1. The van der Waals surface area contributed by atoms with Gasteiger partial charge >= 0.3 is 5.97 Å². The number of aromatic nitrogens is 1. The van der Waals surface area contributed by atoms with Crippen LogP contribution in [0.25, 0.3) is 22.0 Å². The Balaban J connectivity index is 1.78. The highest BCUT2D eigenvalue weighted by molar-refractivity contribution is 6.07. The van der Waals surface area contributed by atoms with Crippen molar-refractivity contribution in [3.8, 4) is 11.1 Å². The predicted molar refractivity (Wildman–Crippen MR) is 116 cm³/mol. The summed E-state index contributed by atoms with van der Waals surface area (Å²) in [6.07, 6.45) is 2.10. The summed E-state index contributed by atoms with van der Waals surface area (Å²) < 4.78 is 5.13. The molecule has 2 aromatic carbocycles. The third kappa shape index (κ3) is 4.33. The van der Waals surface area contributed by atoms with Crippen LogP contribution in [0.15, 0.2) is 54.6 Å². The van der Waals surface area contributed by atoms with Crippen molar-refractivity contribution in [1.29, 1.82) is 0 Å². The van der Waals surface area contributed by atoms with E-state index in [-0.39, 0.29) is 12.5 Å². The first-order chi connectivity index (χ1) is 14.6. The van der Waals surface area contributed by atoms with E-state index >= 15 is 0 Å². The number of likely N-dealkylation sites (N-methyl/N-ethyl adjacent to an activating group) is 1. The van der Waals surface area contributed by atoms with E-state index in [2.05, 4.69) is 5.32 Å². The highest BCUT2D eigenvalue weighted by atomic mass is 16.5. The fourth-order valence-electron chi connectivity index (χ4n) is 3.66. The summed E-state index contributed by atoms with van der Waals surface area (Å²) in [5.41, 5.74) is 3.57. The van der Waals surface area contributed by atoms with E-state index in [4.69, 9.17) is 9.72 Å². The van der Waals surface area contributed by atoms with Gasteiger partial charge in [0.05, 0.1) is 30.4 Å². The number of esters is 1. The Morgan fingerprint density at radius 2 is 1.80 bits per heavy atom. The molecular formula is C24H25N3O3. The summed E-state index contributed by atoms with van der Waals surface area (Å²) in [4.78, 5) is 31.7. The summed E-state index contributed by atoms with van der Waals surface area (Å²) in [5, 5.41) is 3.88. The number of hydrogen-bond donors (Lipinski definition) is 1. The largest absolute Gasteiger partial charge is 0.465 e. The van der Waals surface area contributed by atoms with E-state index in [0.29, 0.717) is 23.8 Å². The number of para-hydroxylation sites is 1. The van der Waals surface area contributed by atoms with Crippen LogP contribution in [0.5, 0.6) is 0 Å². The lowest BCUT2D eigenvalue weighted by Crippen LogP contribution is -2.36. The number of ether oxygens (including phenoxy) is 1. The molecule has 4 rings (SSSR count). The predicted octanol–water partition coefficient (Wildman–Crippen LogP) is 3.40. The van der Waals surface area contributed by atoms with Crippen molar-refractivity contribution in [1.82, 2.24) is 15.2 Å². The second-order valence-electron chi connectivity index (χ2n) is 7.70. The van der Waals surface area contributed by atoms with Gasteiger partial charge in [-0.25, -0.2) is 4.79 Å². The van der Waals surface area contributed by atoms with E-state index < -0.39 is 5.97 Å². The Morgan fingerprint density at radius 3 is 2.50 bits per heavy atom. The number of rotatable bonds is 7. The fourth-order valence-corrected chi connectivity index (χ4v) is 3.66. The van der Waals surface area contributed by atoms with E-state index in [9.17, 15) is 9.59 Å². The fraction of sp³-hybridized carbons (Fsp3) is 0.292. The smallest absolute Gasteiger partial charge is 0.340 e. The molecule has 0 atom stereocenters. The molecule has 30 heavy (non-hydrogen) atoms. The molecule has 1 aliphatic carbocycles. The zero-order valence-corrected chi connectivity index (χ0v) is 17.2. The van der Waals surface area contributed by atoms with Crippen molar-refractivity contribution in [2.75, 3.05) is 20.7 Å². The molecule has 0 saturated heterocycles. The molecule has 1 heterocycles. The Kier molecular flexibility index (Phi) is 5.77. The standard InChI is InChI=1S/C24H25N3O3/c1-27(15-21(28)25-17-12-13-17)14-20-23(24(29)30-2)22(16-8-4-3-5-9-16)18-10-6-7-11-19(18)26-20/h3-11,17H,12-15H2,1-2H3,(H,25,28). The molecule has 154 valence electrons. The molecule has 1 amide bonds. The minimum absolute atomic E-state index is 0.0105. The van der Waals surface area contributed by atoms with Gasteiger partial charge in [0.1, 0.15) is 0 Å². The number of benzene rings is 2. The van der Waals surface area contributed by atoms with Gasteiger partial charge in [-0.15, -0.1) is 0 Å². The van der Waals surface area contributed by atoms with Crippen LogP contribution in [-0.4, -0.2) is 48.5 Å². The van der Waals surface area contributed by atoms with Gasteiger partial charge in [-0.3, -0.25) is 14.7 Å². The molecule has 0 spiro atoms. The first kappa shape index (κ1) is 20.0. The topological polar surface area (TPSA) is 71.5 Å². The highest BCUT2D eigenvalue weighted by Crippen LogP contribution is 2.34. The minimum atomic E-state index is -0.432. The van der Waals surface area contributed by atoms with Crippen LogP contribution in [-0.2, 0) is 16.1 Å². The van der Waals surface area contributed by atoms with Gasteiger partial charge in [0.2, 0.25) is 5.91 Å². The van der Waals surface area contributed by atoms with Crippen molar-refractivity contribution < 1.29 is 14.3 Å². The molecule has 0 aliphatic heterocycles. The van der Waals surface area contributed by atoms with Crippen LogP contribution in [0, 0.1) is 0 Å². The highest BCUT2D eigenvalue weighted by Gasteiger charge is 2.26. The Bertz CT molecular complexity index is 1080. The third-order valence-electron chi connectivity index (χ3n) is 5.20. The number of methoxy groups -OCH3 is 1. The molecule has 6 heteroatoms. The molecule has 0 unspecified atom stereocenters. The quantitative estimate of drug-likeness (QED) is 0.612. The van der Waals surface area contributed by atoms with Crippen molar-refractivity contribution in [2.24, 2.45) is 0 Å². The van der Waals surface area contributed by atoms with Gasteiger partial charge in [0, 0.05) is 23.5 Å². The molecule has 6 nitrogen and oxygen atoms in total. The van der Waals surface area contributed by atoms with Gasteiger partial charge in [-0.1, -0.05) is 48.5 Å². The number of nitrogens with zero attached hydrogens (tertiary/aromatic N) is 2. The first-order valence-corrected chi connectivity index (χ1v) is 10.1. The average molecular weight is 403 g/mol. The van der Waals surface area contributed by atoms with Gasteiger partial charge in [-0.2, -0.15) is 0 Å². The normalized spacial score (nSPS) is 13.4. The zero-order valence-electron chi connectivity index (χ0n) is 17.2. The van der Waals surface area contributed by atoms with Gasteiger partial charge in [-0.05, 0) is 31.5 Å². The lowest BCUT2D eigenvalue weighted by molar-refractivity contribution is -0.122. The minimum Gasteiger partial charge on any atom is -0.465 e. The molecule has 1 fully saturated rings. The van der Waals surface area contributed by atoms with E-state index in [1.165, 1.54) is 7.11 Å². The molecule has 0 bridgehead atoms. The molecular weight excluding hydrogens is 378 g/mol. The lowest BCUT2D eigenvalue weighted by atomic mass is 9.94. The van der Waals surface area contributed by atoms with Crippen molar-refractivity contribution >= 4 is 22.8 Å². The lowest BCUT2D eigenvalue weighted by Gasteiger charge is -2.20. The maximum Gasteiger partial charge on any atom is 0.340 e. The molecule has 1 aliphatic rings. The van der Waals surface area contributed by atoms with Crippen molar-refractivity contribution in [3.63, 3.8) is 0 Å². The van der Waals surface area contributed by atoms with Gasteiger partial charge in [0.25, 0.3) is 0 Å². The second-order valence-corrected chi connectivity index (χ2v) is 7.70. The monoisotopic (exact) mass is 403 g/mol. The van der Waals surface area contributed by atoms with Crippen LogP contribution in [0.3, 0.4) is 0 Å². The average Bonchev–Trinajstić information content (AvgIpc) is 3.56. The van der Waals surface area contributed by atoms with Crippen molar-refractivity contribution in [2.45, 2.75) is 25.4 Å². The first-order valence-electron chi connectivity index (χ1n) is 10.1. The van der Waals surface area contributed by atoms with Crippen LogP contribution in [0.2, 0.25) is 0 Å². The van der Waals surface area contributed by atoms with Crippen LogP contribution >= 0.6 is 0 Å². The number of carbonyl (C=O) groups is 2. The summed E-state index contributed by atoms with van der Waals surface area (Å²) in [5.74, 6) is -0.443. The van der Waals surface area contributed by atoms with Crippen LogP contribution in [0.4, 0.5) is 0 Å². The van der Waals surface area contributed by atoms with E-state index in [0.717, 1.165) is 34.9 Å². The molecule has 3 aromatic rings. The molecule has 0 radical (unpaired) electrons. The molecule has 1 aromatic heterocycles. The van der Waals surface area contributed by atoms with Crippen LogP contribution < -0.4 is 5.32 Å². The Labute approximate surface area is 175 Å². The SMILES string of the molecule is COC(=O)c1c(CN(C)CC(=O)NC2CC2)nc2ccccc2c1-c1ccccc1. The number of hydrogen-bond acceptors (Lipinski definition) is 5. The van der Waals surface area contributed by atoms with E-state index in [1.54, 1.807) is 0 Å². The summed E-state index contributed by atoms with van der Waals surface area (Å²) in [6.45, 7) is 0.597. The van der Waals surface area contributed by atoms with Gasteiger partial charge in [0.15, 0.2) is 0 Å². The van der Waals surface area contributed by atoms with Gasteiger partial charge < -0.3 is 10.1 Å². The Morgan fingerprint density at radius 1 is 1.10 bits per heavy atom. The zero-order chi connectivity index (χ0) is 21.1. The molecule has 1 saturated carbocycles. The Hall–Kier alpha value is -3.25. The number of amides is 1. The van der Waals surface area contributed by atoms with Crippen molar-refractivity contribution in [3.05, 3.63) is 65.9 Å². The summed E-state index contributed by atoms with van der Waals surface area (Å²) >= 11 is 0. The third-order valence-corrected chi connectivity index (χ3v) is 5.20. The summed E-state index contributed by atoms with van der Waals surface area (Å²) in [6, 6.07) is 17.9. The van der Waals surface area contributed by atoms with Crippen LogP contribution in [0.1, 0.15) is 28.9 Å².